The Labute approximate surface area is 332 Å². The Morgan fingerprint density at radius 3 is 1.56 bits per heavy atom. The molecule has 0 radical (unpaired) electrons. The molecular weight excluding hydrogens is 752 g/mol. The Bertz CT molecular complexity index is 2680. The molecule has 0 saturated carbocycles. The van der Waals surface area contributed by atoms with Crippen molar-refractivity contribution in [2.45, 2.75) is 13.8 Å². The van der Waals surface area contributed by atoms with E-state index < -0.39 is 11.6 Å². The van der Waals surface area contributed by atoms with Gasteiger partial charge in [0.1, 0.15) is 22.6 Å². The van der Waals surface area contributed by atoms with Gasteiger partial charge in [-0.2, -0.15) is 0 Å². The van der Waals surface area contributed by atoms with Crippen LogP contribution in [0, 0.1) is 37.1 Å². The average molecular weight is 789 g/mol. The molecule has 0 amide bonds. The maximum atomic E-state index is 14.1. The van der Waals surface area contributed by atoms with Crippen LogP contribution in [0.15, 0.2) is 133 Å². The molecule has 6 aromatic carbocycles. The van der Waals surface area contributed by atoms with Gasteiger partial charge in [-0.15, -0.1) is 0 Å². The SMILES string of the molecule is COc1ccc(N)cc1F.COc1ccc(Nc2nc(-c3ccc(F)cc3)cc3ccc(C)cc23)cc1F.Cc1ccc2cc(-c3ccc(F)cc3)nc(Cl)c2c1. The highest BCUT2D eigenvalue weighted by Crippen LogP contribution is 2.32. The van der Waals surface area contributed by atoms with Crippen LogP contribution < -0.4 is 20.5 Å². The minimum atomic E-state index is -0.456. The fraction of sp³-hybridized carbons (Fsp3) is 0.0870. The van der Waals surface area contributed by atoms with Crippen molar-refractivity contribution in [1.82, 2.24) is 9.97 Å². The molecule has 57 heavy (non-hydrogen) atoms. The summed E-state index contributed by atoms with van der Waals surface area (Å²) in [5, 5.41) is 7.55. The molecule has 11 heteroatoms. The first-order valence-corrected chi connectivity index (χ1v) is 18.0. The highest BCUT2D eigenvalue weighted by Gasteiger charge is 2.11. The molecule has 8 aromatic rings. The van der Waals surface area contributed by atoms with Crippen molar-refractivity contribution in [3.63, 3.8) is 0 Å². The first-order chi connectivity index (χ1) is 27.4. The van der Waals surface area contributed by atoms with Gasteiger partial charge in [-0.25, -0.2) is 27.5 Å². The fourth-order valence-electron chi connectivity index (χ4n) is 5.88. The van der Waals surface area contributed by atoms with Gasteiger partial charge >= 0.3 is 0 Å². The summed E-state index contributed by atoms with van der Waals surface area (Å²) in [5.41, 5.74) is 11.6. The second kappa shape index (κ2) is 17.9. The topological polar surface area (TPSA) is 82.3 Å². The van der Waals surface area contributed by atoms with E-state index in [4.69, 9.17) is 27.1 Å². The lowest BCUT2D eigenvalue weighted by molar-refractivity contribution is 0.386. The lowest BCUT2D eigenvalue weighted by Crippen LogP contribution is -1.98. The Morgan fingerprint density at radius 1 is 0.544 bits per heavy atom. The largest absolute Gasteiger partial charge is 0.494 e. The van der Waals surface area contributed by atoms with Crippen LogP contribution in [0.4, 0.5) is 34.8 Å². The second-order valence-corrected chi connectivity index (χ2v) is 13.3. The molecule has 2 aromatic heterocycles. The molecule has 0 fully saturated rings. The molecule has 0 aliphatic carbocycles. The molecule has 8 rings (SSSR count). The van der Waals surface area contributed by atoms with Crippen molar-refractivity contribution in [2.75, 3.05) is 25.3 Å². The van der Waals surface area contributed by atoms with Gasteiger partial charge in [0.2, 0.25) is 0 Å². The summed E-state index contributed by atoms with van der Waals surface area (Å²) < 4.78 is 62.6. The molecule has 0 spiro atoms. The van der Waals surface area contributed by atoms with E-state index in [0.29, 0.717) is 28.0 Å². The Kier molecular flexibility index (Phi) is 12.5. The smallest absolute Gasteiger partial charge is 0.167 e. The van der Waals surface area contributed by atoms with Crippen LogP contribution in [0.25, 0.3) is 44.1 Å². The molecule has 3 N–H and O–H groups in total. The van der Waals surface area contributed by atoms with E-state index in [9.17, 15) is 17.6 Å². The Balaban J connectivity index is 0.000000162. The van der Waals surface area contributed by atoms with Crippen molar-refractivity contribution < 1.29 is 27.0 Å². The van der Waals surface area contributed by atoms with Gasteiger partial charge in [0.05, 0.1) is 25.6 Å². The number of nitrogen functional groups attached to an aromatic ring is 1. The standard InChI is InChI=1S/C23H18F2N2O.C16H11ClFN.C7H8FNO/c1-14-3-4-16-12-21(15-5-7-17(24)8-6-15)27-23(19(16)11-14)26-18-9-10-22(28-2)20(25)13-18;1-10-2-3-12-9-15(19-16(17)14(12)8-10)11-4-6-13(18)7-5-11;1-10-7-3-2-5(9)4-6(7)8/h3-13H,1-2H3,(H,26,27);2-9H,1H3;2-4H,9H2,1H3. The molecule has 0 aliphatic heterocycles. The van der Waals surface area contributed by atoms with Crippen molar-refractivity contribution in [2.24, 2.45) is 0 Å². The number of pyridine rings is 2. The lowest BCUT2D eigenvalue weighted by Gasteiger charge is -2.13. The average Bonchev–Trinajstić information content (AvgIpc) is 3.19. The summed E-state index contributed by atoms with van der Waals surface area (Å²) in [5.74, 6) is -0.442. The highest BCUT2D eigenvalue weighted by molar-refractivity contribution is 6.34. The van der Waals surface area contributed by atoms with E-state index in [2.05, 4.69) is 15.0 Å². The number of benzene rings is 6. The van der Waals surface area contributed by atoms with Crippen LogP contribution in [0.5, 0.6) is 11.5 Å². The van der Waals surface area contributed by atoms with E-state index in [-0.39, 0.29) is 23.1 Å². The highest BCUT2D eigenvalue weighted by atomic mass is 35.5. The summed E-state index contributed by atoms with van der Waals surface area (Å²) in [6, 6.07) is 37.5. The first-order valence-electron chi connectivity index (χ1n) is 17.6. The lowest BCUT2D eigenvalue weighted by atomic mass is 10.0. The normalized spacial score (nSPS) is 10.6. The third-order valence-electron chi connectivity index (χ3n) is 8.80. The second-order valence-electron chi connectivity index (χ2n) is 13.0. The molecule has 0 aliphatic rings. The van der Waals surface area contributed by atoms with Crippen molar-refractivity contribution in [3.05, 3.63) is 173 Å². The quantitative estimate of drug-likeness (QED) is 0.0992. The van der Waals surface area contributed by atoms with Crippen LogP contribution in [-0.2, 0) is 0 Å². The van der Waals surface area contributed by atoms with Crippen LogP contribution >= 0.6 is 11.6 Å². The van der Waals surface area contributed by atoms with Crippen molar-refractivity contribution in [3.8, 4) is 34.0 Å². The maximum Gasteiger partial charge on any atom is 0.167 e. The van der Waals surface area contributed by atoms with Crippen molar-refractivity contribution in [1.29, 1.82) is 0 Å². The Hall–Kier alpha value is -6.65. The molecule has 0 atom stereocenters. The number of nitrogens with two attached hydrogens (primary N) is 1. The number of methoxy groups -OCH3 is 2. The zero-order valence-electron chi connectivity index (χ0n) is 31.4. The van der Waals surface area contributed by atoms with Gasteiger partial charge in [0, 0.05) is 45.4 Å². The zero-order chi connectivity index (χ0) is 40.6. The number of fused-ring (bicyclic) bond motifs is 2. The molecule has 0 unspecified atom stereocenters. The number of ether oxygens (including phenoxy) is 2. The zero-order valence-corrected chi connectivity index (χ0v) is 32.1. The first kappa shape index (κ1) is 40.0. The molecule has 6 nitrogen and oxygen atoms in total. The number of aryl methyl sites for hydroxylation is 2. The molecule has 0 bridgehead atoms. The summed E-state index contributed by atoms with van der Waals surface area (Å²) in [6.45, 7) is 4.02. The van der Waals surface area contributed by atoms with Gasteiger partial charge in [0.25, 0.3) is 0 Å². The van der Waals surface area contributed by atoms with Gasteiger partial charge in [-0.05, 0) is 122 Å². The summed E-state index contributed by atoms with van der Waals surface area (Å²) in [4.78, 5) is 9.11. The van der Waals surface area contributed by atoms with Gasteiger partial charge in [-0.1, -0.05) is 47.0 Å². The van der Waals surface area contributed by atoms with Gasteiger partial charge in [0.15, 0.2) is 23.1 Å². The van der Waals surface area contributed by atoms with Crippen LogP contribution in [0.1, 0.15) is 11.1 Å². The van der Waals surface area contributed by atoms with Gasteiger partial charge < -0.3 is 20.5 Å². The number of hydrogen-bond acceptors (Lipinski definition) is 6. The third-order valence-corrected chi connectivity index (χ3v) is 9.09. The number of nitrogens with one attached hydrogen (secondary N) is 1. The molecule has 288 valence electrons. The third kappa shape index (κ3) is 9.97. The number of halogens is 5. The minimum absolute atomic E-state index is 0.180. The predicted octanol–water partition coefficient (Wildman–Crippen LogP) is 12.7. The van der Waals surface area contributed by atoms with Crippen LogP contribution in [0.2, 0.25) is 5.15 Å². The fourth-order valence-corrected chi connectivity index (χ4v) is 6.13. The molecule has 2 heterocycles. The molecule has 0 saturated heterocycles. The summed E-state index contributed by atoms with van der Waals surface area (Å²) >= 11 is 6.23. The molecular formula is C46H37ClF4N4O2. The number of rotatable bonds is 6. The Morgan fingerprint density at radius 2 is 1.04 bits per heavy atom. The van der Waals surface area contributed by atoms with E-state index >= 15 is 0 Å². The van der Waals surface area contributed by atoms with Crippen molar-refractivity contribution >= 4 is 50.3 Å². The van der Waals surface area contributed by atoms with Gasteiger partial charge in [-0.3, -0.25) is 0 Å². The predicted molar refractivity (Wildman–Crippen MR) is 222 cm³/mol. The summed E-state index contributed by atoms with van der Waals surface area (Å²) in [7, 11) is 2.84. The summed E-state index contributed by atoms with van der Waals surface area (Å²) in [6.07, 6.45) is 0. The minimum Gasteiger partial charge on any atom is -0.494 e. The monoisotopic (exact) mass is 788 g/mol. The van der Waals surface area contributed by atoms with E-state index in [0.717, 1.165) is 49.5 Å². The maximum absolute atomic E-state index is 14.1. The number of nitrogens with zero attached hydrogens (tertiary/aromatic N) is 2. The van der Waals surface area contributed by atoms with E-state index in [1.165, 1.54) is 56.7 Å². The number of hydrogen-bond donors (Lipinski definition) is 2. The van der Waals surface area contributed by atoms with E-state index in [1.54, 1.807) is 42.5 Å². The number of aromatic nitrogens is 2. The van der Waals surface area contributed by atoms with E-state index in [1.807, 2.05) is 62.4 Å². The number of anilines is 3. The van der Waals surface area contributed by atoms with Crippen LogP contribution in [0.3, 0.4) is 0 Å². The van der Waals surface area contributed by atoms with Crippen LogP contribution in [-0.4, -0.2) is 24.2 Å².